The summed E-state index contributed by atoms with van der Waals surface area (Å²) in [6.45, 7) is 0.535. The molecular formula is C22H26N2O5S2. The van der Waals surface area contributed by atoms with E-state index in [4.69, 9.17) is 0 Å². The number of hydrogen-bond acceptors (Lipinski definition) is 5. The molecule has 2 aliphatic rings. The predicted octanol–water partition coefficient (Wildman–Crippen LogP) is 2.00. The third-order valence-electron chi connectivity index (χ3n) is 6.27. The van der Waals surface area contributed by atoms with Crippen molar-refractivity contribution in [3.05, 3.63) is 65.7 Å². The Hall–Kier alpha value is -2.23. The molecule has 2 aromatic rings. The van der Waals surface area contributed by atoms with E-state index in [1.54, 1.807) is 0 Å². The molecule has 1 aliphatic heterocycles. The van der Waals surface area contributed by atoms with Crippen LogP contribution in [0.1, 0.15) is 41.6 Å². The summed E-state index contributed by atoms with van der Waals surface area (Å²) in [4.78, 5) is 12.6. The summed E-state index contributed by atoms with van der Waals surface area (Å²) in [5, 5.41) is 3.00. The highest BCUT2D eigenvalue weighted by Crippen LogP contribution is 2.43. The summed E-state index contributed by atoms with van der Waals surface area (Å²) in [5.74, 6) is -0.444. The fraction of sp³-hybridized carbons (Fsp3) is 0.409. The summed E-state index contributed by atoms with van der Waals surface area (Å²) in [6.07, 6.45) is 3.45. The number of rotatable bonds is 7. The maximum atomic E-state index is 12.6. The van der Waals surface area contributed by atoms with Crippen LogP contribution in [0.25, 0.3) is 0 Å². The van der Waals surface area contributed by atoms with Gasteiger partial charge in [0.05, 0.1) is 16.4 Å². The van der Waals surface area contributed by atoms with Gasteiger partial charge in [0, 0.05) is 23.6 Å². The van der Waals surface area contributed by atoms with Gasteiger partial charge in [-0.3, -0.25) is 4.79 Å². The molecule has 31 heavy (non-hydrogen) atoms. The maximum absolute atomic E-state index is 12.6. The van der Waals surface area contributed by atoms with Gasteiger partial charge in [-0.2, -0.15) is 0 Å². The van der Waals surface area contributed by atoms with Gasteiger partial charge >= 0.3 is 0 Å². The number of sulfone groups is 1. The fourth-order valence-electron chi connectivity index (χ4n) is 4.28. The standard InChI is InChI=1S/C22H26N2O5S2/c25-21(23-16-22(12-4-13-22)18-5-2-1-3-6-18)17-7-9-20(10-8-17)31(28,29)24-19-11-14-30(26,27)15-19/h1-3,5-10,19,24H,4,11-16H2,(H,23,25)/t19-/m1/s1. The molecule has 2 fully saturated rings. The number of hydrogen-bond donors (Lipinski definition) is 2. The molecule has 0 unspecified atom stereocenters. The molecule has 1 atom stereocenters. The third-order valence-corrected chi connectivity index (χ3v) is 9.57. The quantitative estimate of drug-likeness (QED) is 0.654. The van der Waals surface area contributed by atoms with Crippen LogP contribution in [-0.4, -0.2) is 46.8 Å². The highest BCUT2D eigenvalue weighted by atomic mass is 32.2. The van der Waals surface area contributed by atoms with Gasteiger partial charge in [0.1, 0.15) is 0 Å². The Kier molecular flexibility index (Phi) is 5.93. The summed E-state index contributed by atoms with van der Waals surface area (Å²) < 4.78 is 50.6. The second kappa shape index (κ2) is 8.37. The molecule has 4 rings (SSSR count). The van der Waals surface area contributed by atoms with Gasteiger partial charge in [0.2, 0.25) is 10.0 Å². The van der Waals surface area contributed by atoms with Gasteiger partial charge in [0.25, 0.3) is 5.91 Å². The molecule has 2 aromatic carbocycles. The Labute approximate surface area is 183 Å². The Bertz CT molecular complexity index is 1160. The number of nitrogens with one attached hydrogen (secondary N) is 2. The van der Waals surface area contributed by atoms with E-state index in [0.717, 1.165) is 19.3 Å². The number of sulfonamides is 1. The molecule has 0 spiro atoms. The van der Waals surface area contributed by atoms with Crippen LogP contribution in [0.2, 0.25) is 0 Å². The van der Waals surface area contributed by atoms with E-state index < -0.39 is 25.9 Å². The molecule has 1 saturated heterocycles. The van der Waals surface area contributed by atoms with E-state index in [0.29, 0.717) is 12.1 Å². The second-order valence-electron chi connectivity index (χ2n) is 8.43. The number of benzene rings is 2. The zero-order chi connectivity index (χ0) is 22.1. The minimum atomic E-state index is -3.85. The van der Waals surface area contributed by atoms with Gasteiger partial charge in [-0.05, 0) is 49.1 Å². The van der Waals surface area contributed by atoms with Crippen molar-refractivity contribution < 1.29 is 21.6 Å². The van der Waals surface area contributed by atoms with Crippen molar-refractivity contribution in [2.24, 2.45) is 0 Å². The van der Waals surface area contributed by atoms with Crippen LogP contribution in [-0.2, 0) is 25.3 Å². The fourth-order valence-corrected chi connectivity index (χ4v) is 7.32. The molecule has 7 nitrogen and oxygen atoms in total. The van der Waals surface area contributed by atoms with Gasteiger partial charge in [0.15, 0.2) is 9.84 Å². The van der Waals surface area contributed by atoms with Crippen LogP contribution in [0, 0.1) is 0 Å². The lowest BCUT2D eigenvalue weighted by molar-refractivity contribution is 0.0927. The summed E-state index contributed by atoms with van der Waals surface area (Å²) in [5.41, 5.74) is 1.57. The van der Waals surface area contributed by atoms with Crippen molar-refractivity contribution in [2.75, 3.05) is 18.1 Å². The molecule has 1 amide bonds. The van der Waals surface area contributed by atoms with E-state index in [1.165, 1.54) is 29.8 Å². The molecule has 0 bridgehead atoms. The van der Waals surface area contributed by atoms with E-state index in [2.05, 4.69) is 22.2 Å². The number of carbonyl (C=O) groups is 1. The lowest BCUT2D eigenvalue weighted by Crippen LogP contribution is -2.45. The first-order chi connectivity index (χ1) is 14.7. The van der Waals surface area contributed by atoms with Crippen LogP contribution in [0.4, 0.5) is 0 Å². The van der Waals surface area contributed by atoms with Gasteiger partial charge in [-0.15, -0.1) is 0 Å². The molecule has 166 valence electrons. The number of carbonyl (C=O) groups excluding carboxylic acids is 1. The SMILES string of the molecule is O=C(NCC1(c2ccccc2)CCC1)c1ccc(S(=O)(=O)N[C@@H]2CCS(=O)(=O)C2)cc1. The Morgan fingerprint density at radius 1 is 1.03 bits per heavy atom. The number of amides is 1. The monoisotopic (exact) mass is 462 g/mol. The molecule has 1 heterocycles. The molecule has 0 aromatic heterocycles. The van der Waals surface area contributed by atoms with Crippen molar-refractivity contribution in [1.82, 2.24) is 10.0 Å². The molecule has 2 N–H and O–H groups in total. The van der Waals surface area contributed by atoms with Gasteiger partial charge < -0.3 is 5.32 Å². The minimum absolute atomic E-state index is 0.00750. The van der Waals surface area contributed by atoms with E-state index in [1.807, 2.05) is 18.2 Å². The molecule has 1 saturated carbocycles. The van der Waals surface area contributed by atoms with Crippen molar-refractivity contribution in [2.45, 2.75) is 42.0 Å². The second-order valence-corrected chi connectivity index (χ2v) is 12.4. The van der Waals surface area contributed by atoms with Gasteiger partial charge in [-0.25, -0.2) is 21.6 Å². The molecule has 1 aliphatic carbocycles. The normalized spacial score (nSPS) is 21.9. The van der Waals surface area contributed by atoms with Crippen molar-refractivity contribution in [3.8, 4) is 0 Å². The van der Waals surface area contributed by atoms with Crippen molar-refractivity contribution >= 4 is 25.8 Å². The average Bonchev–Trinajstić information content (AvgIpc) is 3.05. The van der Waals surface area contributed by atoms with Gasteiger partial charge in [-0.1, -0.05) is 36.8 Å². The Morgan fingerprint density at radius 2 is 1.71 bits per heavy atom. The lowest BCUT2D eigenvalue weighted by Gasteiger charge is -2.42. The zero-order valence-electron chi connectivity index (χ0n) is 17.1. The van der Waals surface area contributed by atoms with Crippen molar-refractivity contribution in [1.29, 1.82) is 0 Å². The zero-order valence-corrected chi connectivity index (χ0v) is 18.7. The average molecular weight is 463 g/mol. The highest BCUT2D eigenvalue weighted by molar-refractivity contribution is 7.92. The minimum Gasteiger partial charge on any atom is -0.351 e. The third kappa shape index (κ3) is 4.83. The predicted molar refractivity (Wildman–Crippen MR) is 118 cm³/mol. The first kappa shape index (κ1) is 22.0. The van der Waals surface area contributed by atoms with E-state index in [-0.39, 0.29) is 34.1 Å². The highest BCUT2D eigenvalue weighted by Gasteiger charge is 2.38. The Morgan fingerprint density at radius 3 is 2.26 bits per heavy atom. The summed E-state index contributed by atoms with van der Waals surface area (Å²) in [6, 6.07) is 15.3. The van der Waals surface area contributed by atoms with Crippen LogP contribution >= 0.6 is 0 Å². The van der Waals surface area contributed by atoms with E-state index >= 15 is 0 Å². The van der Waals surface area contributed by atoms with Crippen molar-refractivity contribution in [3.63, 3.8) is 0 Å². The summed E-state index contributed by atoms with van der Waals surface area (Å²) in [7, 11) is -7.03. The van der Waals surface area contributed by atoms with Crippen LogP contribution in [0.15, 0.2) is 59.5 Å². The van der Waals surface area contributed by atoms with Crippen LogP contribution in [0.3, 0.4) is 0 Å². The maximum Gasteiger partial charge on any atom is 0.251 e. The summed E-state index contributed by atoms with van der Waals surface area (Å²) >= 11 is 0. The molecular weight excluding hydrogens is 436 g/mol. The largest absolute Gasteiger partial charge is 0.351 e. The molecule has 0 radical (unpaired) electrons. The lowest BCUT2D eigenvalue weighted by atomic mass is 9.64. The first-order valence-electron chi connectivity index (χ1n) is 10.4. The topological polar surface area (TPSA) is 109 Å². The van der Waals surface area contributed by atoms with Crippen LogP contribution in [0.5, 0.6) is 0 Å². The smallest absolute Gasteiger partial charge is 0.251 e. The van der Waals surface area contributed by atoms with E-state index in [9.17, 15) is 21.6 Å². The Balaban J connectivity index is 1.39. The molecule has 9 heteroatoms. The first-order valence-corrected chi connectivity index (χ1v) is 13.7. The van der Waals surface area contributed by atoms with Crippen LogP contribution < -0.4 is 10.0 Å².